The van der Waals surface area contributed by atoms with Crippen molar-refractivity contribution in [3.63, 3.8) is 0 Å². The summed E-state index contributed by atoms with van der Waals surface area (Å²) in [7, 11) is 0. The van der Waals surface area contributed by atoms with E-state index in [2.05, 4.69) is 4.98 Å². The van der Waals surface area contributed by atoms with Crippen LogP contribution in [0.4, 0.5) is 13.2 Å². The van der Waals surface area contributed by atoms with E-state index in [-0.39, 0.29) is 29.9 Å². The maximum Gasteiger partial charge on any atom is 0.419 e. The second kappa shape index (κ2) is 7.40. The van der Waals surface area contributed by atoms with Crippen LogP contribution in [0.5, 0.6) is 0 Å². The quantitative estimate of drug-likeness (QED) is 0.760. The molecule has 0 spiro atoms. The second-order valence-corrected chi connectivity index (χ2v) is 8.09. The Kier molecular flexibility index (Phi) is 5.11. The number of aromatic nitrogens is 2. The van der Waals surface area contributed by atoms with Crippen LogP contribution < -0.4 is 0 Å². The first kappa shape index (κ1) is 21.4. The molecule has 1 saturated heterocycles. The Bertz CT molecular complexity index is 1100. The molecule has 3 heterocycles. The Balaban J connectivity index is 1.67. The van der Waals surface area contributed by atoms with E-state index in [9.17, 15) is 27.6 Å². The van der Waals surface area contributed by atoms with Gasteiger partial charge in [-0.3, -0.25) is 14.0 Å². The third-order valence-corrected chi connectivity index (χ3v) is 5.97. The zero-order valence-corrected chi connectivity index (χ0v) is 17.1. The van der Waals surface area contributed by atoms with E-state index in [4.69, 9.17) is 16.7 Å². The fraction of sp³-hybridized carbons (Fsp3) is 0.474. The molecule has 2 amide bonds. The SMILES string of the molecule is CC(C(=O)O)N1CCN(C(=O)c2nc3c(C(F)(F)F)cc(C4CC4)cn3c2Cl)CC1=O. The average Bonchev–Trinajstić information content (AvgIpc) is 3.49. The van der Waals surface area contributed by atoms with Gasteiger partial charge in [0.25, 0.3) is 5.91 Å². The van der Waals surface area contributed by atoms with Gasteiger partial charge in [-0.15, -0.1) is 0 Å². The minimum absolute atomic E-state index is 0.00580. The van der Waals surface area contributed by atoms with Gasteiger partial charge in [0.1, 0.15) is 17.7 Å². The predicted octanol–water partition coefficient (Wildman–Crippen LogP) is 2.64. The second-order valence-electron chi connectivity index (χ2n) is 7.73. The Morgan fingerprint density at radius 2 is 1.97 bits per heavy atom. The summed E-state index contributed by atoms with van der Waals surface area (Å²) in [6.45, 7) is 0.918. The largest absolute Gasteiger partial charge is 0.480 e. The van der Waals surface area contributed by atoms with Gasteiger partial charge in [-0.25, -0.2) is 9.78 Å². The molecule has 0 radical (unpaired) electrons. The molecule has 4 rings (SSSR count). The van der Waals surface area contributed by atoms with E-state index < -0.39 is 47.8 Å². The van der Waals surface area contributed by atoms with Crippen molar-refractivity contribution < 1.29 is 32.7 Å². The van der Waals surface area contributed by atoms with Crippen LogP contribution in [-0.2, 0) is 15.8 Å². The van der Waals surface area contributed by atoms with Crippen LogP contribution in [-0.4, -0.2) is 67.8 Å². The van der Waals surface area contributed by atoms with Gasteiger partial charge in [0.2, 0.25) is 5.91 Å². The first-order valence-corrected chi connectivity index (χ1v) is 9.97. The van der Waals surface area contributed by atoms with Gasteiger partial charge in [-0.2, -0.15) is 13.2 Å². The molecule has 1 atom stereocenters. The van der Waals surface area contributed by atoms with Crippen LogP contribution in [0.25, 0.3) is 5.65 Å². The number of nitrogens with zero attached hydrogens (tertiary/aromatic N) is 4. The summed E-state index contributed by atoms with van der Waals surface area (Å²) in [5, 5.41) is 8.82. The number of imidazole rings is 1. The summed E-state index contributed by atoms with van der Waals surface area (Å²) < 4.78 is 41.9. The van der Waals surface area contributed by atoms with E-state index in [1.54, 1.807) is 0 Å². The lowest BCUT2D eigenvalue weighted by molar-refractivity contribution is -0.151. The number of pyridine rings is 1. The van der Waals surface area contributed by atoms with Crippen LogP contribution in [0, 0.1) is 0 Å². The van der Waals surface area contributed by atoms with Crippen LogP contribution in [0.15, 0.2) is 12.3 Å². The van der Waals surface area contributed by atoms with E-state index in [1.807, 2.05) is 0 Å². The standard InChI is InChI=1S/C19H18ClF3N4O4/c1-9(18(30)31)26-5-4-25(8-13(26)28)17(29)14-15(20)27-7-11(10-2-3-10)6-12(16(27)24-14)19(21,22)23/h6-7,9-10H,2-5,8H2,1H3,(H,30,31). The van der Waals surface area contributed by atoms with Crippen LogP contribution in [0.2, 0.25) is 5.15 Å². The molecular weight excluding hydrogens is 441 g/mol. The number of aliphatic carboxylic acids is 1. The zero-order valence-electron chi connectivity index (χ0n) is 16.3. The van der Waals surface area contributed by atoms with Crippen molar-refractivity contribution in [3.8, 4) is 0 Å². The predicted molar refractivity (Wildman–Crippen MR) is 102 cm³/mol. The van der Waals surface area contributed by atoms with Crippen molar-refractivity contribution >= 4 is 35.0 Å². The maximum absolute atomic E-state index is 13.6. The van der Waals surface area contributed by atoms with Crippen LogP contribution in [0.3, 0.4) is 0 Å². The van der Waals surface area contributed by atoms with Gasteiger partial charge in [-0.05, 0) is 37.3 Å². The van der Waals surface area contributed by atoms with Gasteiger partial charge in [0, 0.05) is 19.3 Å². The molecule has 0 aromatic carbocycles. The first-order valence-electron chi connectivity index (χ1n) is 9.59. The number of piperazine rings is 1. The highest BCUT2D eigenvalue weighted by atomic mass is 35.5. The molecule has 2 aromatic heterocycles. The molecule has 2 aromatic rings. The van der Waals surface area contributed by atoms with Crippen molar-refractivity contribution in [2.45, 2.75) is 37.9 Å². The lowest BCUT2D eigenvalue weighted by atomic mass is 10.1. The number of fused-ring (bicyclic) bond motifs is 1. The summed E-state index contributed by atoms with van der Waals surface area (Å²) in [5.41, 5.74) is -1.36. The number of halogens is 4. The number of carboxylic acid groups (broad SMARTS) is 1. The van der Waals surface area contributed by atoms with Crippen molar-refractivity contribution in [1.82, 2.24) is 19.2 Å². The fourth-order valence-corrected chi connectivity index (χ4v) is 3.93. The number of carboxylic acids is 1. The number of rotatable bonds is 4. The van der Waals surface area contributed by atoms with E-state index >= 15 is 0 Å². The van der Waals surface area contributed by atoms with E-state index in [0.29, 0.717) is 5.56 Å². The number of amides is 2. The normalized spacial score (nSPS) is 18.5. The Labute approximate surface area is 179 Å². The van der Waals surface area contributed by atoms with Crippen molar-refractivity contribution in [1.29, 1.82) is 0 Å². The molecule has 1 unspecified atom stereocenters. The van der Waals surface area contributed by atoms with Crippen molar-refractivity contribution in [2.75, 3.05) is 19.6 Å². The molecule has 1 aliphatic carbocycles. The van der Waals surface area contributed by atoms with Crippen molar-refractivity contribution in [2.24, 2.45) is 0 Å². The Morgan fingerprint density at radius 1 is 1.29 bits per heavy atom. The van der Waals surface area contributed by atoms with E-state index in [0.717, 1.165) is 33.1 Å². The highest BCUT2D eigenvalue weighted by molar-refractivity contribution is 6.33. The zero-order chi connectivity index (χ0) is 22.7. The van der Waals surface area contributed by atoms with Gasteiger partial charge >= 0.3 is 12.1 Å². The number of carbonyl (C=O) groups excluding carboxylic acids is 2. The molecule has 8 nitrogen and oxygen atoms in total. The lowest BCUT2D eigenvalue weighted by Gasteiger charge is -2.36. The molecule has 2 aliphatic rings. The molecule has 1 aliphatic heterocycles. The molecule has 0 bridgehead atoms. The molecule has 1 N–H and O–H groups in total. The molecule has 12 heteroatoms. The third-order valence-electron chi connectivity index (χ3n) is 5.61. The minimum atomic E-state index is -4.68. The van der Waals surface area contributed by atoms with Crippen LogP contribution >= 0.6 is 11.6 Å². The molecule has 1 saturated carbocycles. The molecule has 166 valence electrons. The van der Waals surface area contributed by atoms with Gasteiger partial charge in [0.15, 0.2) is 11.3 Å². The smallest absolute Gasteiger partial charge is 0.419 e. The summed E-state index contributed by atoms with van der Waals surface area (Å²) in [5.74, 6) is -2.53. The van der Waals surface area contributed by atoms with Gasteiger partial charge in [-0.1, -0.05) is 11.6 Å². The average molecular weight is 459 g/mol. The Hall–Kier alpha value is -2.82. The highest BCUT2D eigenvalue weighted by Crippen LogP contribution is 2.43. The van der Waals surface area contributed by atoms with Gasteiger partial charge < -0.3 is 14.9 Å². The van der Waals surface area contributed by atoms with Crippen LogP contribution in [0.1, 0.15) is 47.3 Å². The highest BCUT2D eigenvalue weighted by Gasteiger charge is 2.39. The molecule has 31 heavy (non-hydrogen) atoms. The molecule has 2 fully saturated rings. The number of alkyl halides is 3. The maximum atomic E-state index is 13.6. The summed E-state index contributed by atoms with van der Waals surface area (Å²) in [6.07, 6.45) is -1.66. The Morgan fingerprint density at radius 3 is 2.52 bits per heavy atom. The third kappa shape index (κ3) is 3.82. The topological polar surface area (TPSA) is 95.2 Å². The monoisotopic (exact) mass is 458 g/mol. The van der Waals surface area contributed by atoms with Gasteiger partial charge in [0.05, 0.1) is 5.56 Å². The summed E-state index contributed by atoms with van der Waals surface area (Å²) >= 11 is 6.26. The number of carbonyl (C=O) groups is 3. The lowest BCUT2D eigenvalue weighted by Crippen LogP contribution is -2.56. The molecular formula is C19H18ClF3N4O4. The minimum Gasteiger partial charge on any atom is -0.480 e. The van der Waals surface area contributed by atoms with E-state index in [1.165, 1.54) is 13.1 Å². The summed E-state index contributed by atoms with van der Waals surface area (Å²) in [4.78, 5) is 42.5. The number of hydrogen-bond donors (Lipinski definition) is 1. The first-order chi connectivity index (χ1) is 14.5. The number of hydrogen-bond acceptors (Lipinski definition) is 4. The fourth-order valence-electron chi connectivity index (χ4n) is 3.68. The summed E-state index contributed by atoms with van der Waals surface area (Å²) in [6, 6.07) is -0.0149. The van der Waals surface area contributed by atoms with Crippen molar-refractivity contribution in [3.05, 3.63) is 34.2 Å².